The molecule has 0 saturated heterocycles. The third-order valence-corrected chi connectivity index (χ3v) is 6.28. The third-order valence-electron chi connectivity index (χ3n) is 6.28. The Kier molecular flexibility index (Phi) is 3.34. The summed E-state index contributed by atoms with van der Waals surface area (Å²) < 4.78 is 0. The van der Waals surface area contributed by atoms with Crippen LogP contribution in [0.2, 0.25) is 0 Å². The van der Waals surface area contributed by atoms with E-state index in [0.717, 1.165) is 36.3 Å². The first-order valence-corrected chi connectivity index (χ1v) is 8.66. The molecular formula is C19H27N. The minimum atomic E-state index is 0.772. The van der Waals surface area contributed by atoms with E-state index < -0.39 is 0 Å². The fourth-order valence-corrected chi connectivity index (χ4v) is 5.34. The van der Waals surface area contributed by atoms with Crippen molar-refractivity contribution in [1.29, 1.82) is 0 Å². The average Bonchev–Trinajstić information content (AvgIpc) is 3.06. The molecule has 0 amide bonds. The van der Waals surface area contributed by atoms with E-state index in [2.05, 4.69) is 36.5 Å². The third kappa shape index (κ3) is 2.11. The van der Waals surface area contributed by atoms with Crippen molar-refractivity contribution in [3.8, 4) is 0 Å². The van der Waals surface area contributed by atoms with Gasteiger partial charge in [-0.3, -0.25) is 0 Å². The maximum absolute atomic E-state index is 3.84. The lowest BCUT2D eigenvalue weighted by Gasteiger charge is -2.38. The Morgan fingerprint density at radius 1 is 1.20 bits per heavy atom. The molecule has 0 aromatic heterocycles. The predicted molar refractivity (Wildman–Crippen MR) is 83.9 cm³/mol. The van der Waals surface area contributed by atoms with Crippen LogP contribution in [0.25, 0.3) is 0 Å². The van der Waals surface area contributed by atoms with Gasteiger partial charge >= 0.3 is 0 Å². The van der Waals surface area contributed by atoms with Gasteiger partial charge < -0.3 is 5.32 Å². The molecule has 3 aliphatic rings. The summed E-state index contributed by atoms with van der Waals surface area (Å²) in [6.07, 6.45) is 8.77. The standard InChI is InChI=1S/C19H27N/c1-2-20-19(18-10-13-7-8-15(18)9-13)12-16-11-14-5-3-4-6-17(14)16/h3-6,13,15-16,18-20H,2,7-12H2,1H3. The normalized spacial score (nSPS) is 35.6. The molecule has 1 aromatic rings. The van der Waals surface area contributed by atoms with Crippen LogP contribution in [0.15, 0.2) is 24.3 Å². The number of hydrogen-bond donors (Lipinski definition) is 1. The van der Waals surface area contributed by atoms with Gasteiger partial charge in [-0.2, -0.15) is 0 Å². The Hall–Kier alpha value is -0.820. The Morgan fingerprint density at radius 2 is 2.10 bits per heavy atom. The lowest BCUT2D eigenvalue weighted by molar-refractivity contribution is 0.228. The molecule has 0 spiro atoms. The molecule has 2 fully saturated rings. The van der Waals surface area contributed by atoms with Crippen LogP contribution in [-0.4, -0.2) is 12.6 Å². The molecule has 0 heterocycles. The van der Waals surface area contributed by atoms with Crippen LogP contribution in [0.1, 0.15) is 56.1 Å². The van der Waals surface area contributed by atoms with E-state index in [1.54, 1.807) is 11.1 Å². The minimum Gasteiger partial charge on any atom is -0.314 e. The quantitative estimate of drug-likeness (QED) is 0.847. The van der Waals surface area contributed by atoms with E-state index in [-0.39, 0.29) is 0 Å². The molecule has 1 nitrogen and oxygen atoms in total. The predicted octanol–water partition coefficient (Wildman–Crippen LogP) is 4.13. The van der Waals surface area contributed by atoms with Crippen molar-refractivity contribution in [2.75, 3.05) is 6.54 Å². The molecule has 1 heteroatoms. The van der Waals surface area contributed by atoms with Gasteiger partial charge in [0.25, 0.3) is 0 Å². The second-order valence-electron chi connectivity index (χ2n) is 7.34. The van der Waals surface area contributed by atoms with Crippen molar-refractivity contribution in [1.82, 2.24) is 5.32 Å². The van der Waals surface area contributed by atoms with Crippen LogP contribution in [-0.2, 0) is 6.42 Å². The fourth-order valence-electron chi connectivity index (χ4n) is 5.34. The summed E-state index contributed by atoms with van der Waals surface area (Å²) in [4.78, 5) is 0. The van der Waals surface area contributed by atoms with Gasteiger partial charge in [-0.1, -0.05) is 37.6 Å². The van der Waals surface area contributed by atoms with Crippen LogP contribution >= 0.6 is 0 Å². The number of hydrogen-bond acceptors (Lipinski definition) is 1. The van der Waals surface area contributed by atoms with Crippen LogP contribution < -0.4 is 5.32 Å². The number of rotatable bonds is 5. The maximum atomic E-state index is 3.84. The van der Waals surface area contributed by atoms with Crippen LogP contribution in [0.3, 0.4) is 0 Å². The maximum Gasteiger partial charge on any atom is 0.0104 e. The second-order valence-corrected chi connectivity index (χ2v) is 7.34. The van der Waals surface area contributed by atoms with Crippen molar-refractivity contribution >= 4 is 0 Å². The Balaban J connectivity index is 1.45. The smallest absolute Gasteiger partial charge is 0.0104 e. The van der Waals surface area contributed by atoms with Gasteiger partial charge in [0.2, 0.25) is 0 Å². The molecule has 2 bridgehead atoms. The van der Waals surface area contributed by atoms with Crippen molar-refractivity contribution in [2.24, 2.45) is 17.8 Å². The molecule has 5 unspecified atom stereocenters. The first-order chi connectivity index (χ1) is 9.85. The second kappa shape index (κ2) is 5.18. The van der Waals surface area contributed by atoms with Crippen LogP contribution in [0.4, 0.5) is 0 Å². The Bertz CT molecular complexity index is 480. The summed E-state index contributed by atoms with van der Waals surface area (Å²) in [5.74, 6) is 3.91. The monoisotopic (exact) mass is 269 g/mol. The van der Waals surface area contributed by atoms with Gasteiger partial charge in [0.15, 0.2) is 0 Å². The highest BCUT2D eigenvalue weighted by molar-refractivity contribution is 5.40. The fraction of sp³-hybridized carbons (Fsp3) is 0.684. The zero-order valence-electron chi connectivity index (χ0n) is 12.6. The van der Waals surface area contributed by atoms with Crippen LogP contribution in [0.5, 0.6) is 0 Å². The molecular weight excluding hydrogens is 242 g/mol. The van der Waals surface area contributed by atoms with Gasteiger partial charge in [-0.05, 0) is 73.4 Å². The van der Waals surface area contributed by atoms with E-state index in [4.69, 9.17) is 0 Å². The van der Waals surface area contributed by atoms with Crippen molar-refractivity contribution in [3.05, 3.63) is 35.4 Å². The van der Waals surface area contributed by atoms with Gasteiger partial charge in [0, 0.05) is 6.04 Å². The lowest BCUT2D eigenvalue weighted by Crippen LogP contribution is -2.41. The first kappa shape index (κ1) is 12.9. The summed E-state index contributed by atoms with van der Waals surface area (Å²) in [7, 11) is 0. The van der Waals surface area contributed by atoms with Gasteiger partial charge in [-0.25, -0.2) is 0 Å². The molecule has 108 valence electrons. The van der Waals surface area contributed by atoms with Crippen LogP contribution in [0, 0.1) is 17.8 Å². The number of benzene rings is 1. The highest BCUT2D eigenvalue weighted by Crippen LogP contribution is 2.51. The molecule has 20 heavy (non-hydrogen) atoms. The van der Waals surface area contributed by atoms with Crippen molar-refractivity contribution < 1.29 is 0 Å². The molecule has 5 atom stereocenters. The summed E-state index contributed by atoms with van der Waals surface area (Å²) in [6.45, 7) is 3.40. The molecule has 0 aliphatic heterocycles. The molecule has 2 saturated carbocycles. The van der Waals surface area contributed by atoms with Crippen molar-refractivity contribution in [3.63, 3.8) is 0 Å². The summed E-state index contributed by atoms with van der Waals surface area (Å²) in [5, 5.41) is 3.84. The topological polar surface area (TPSA) is 12.0 Å². The van der Waals surface area contributed by atoms with E-state index >= 15 is 0 Å². The molecule has 1 N–H and O–H groups in total. The molecule has 3 aliphatic carbocycles. The SMILES string of the molecule is CCNC(CC1Cc2ccccc21)C1CC2CCC1C2. The Labute approximate surface area is 123 Å². The van der Waals surface area contributed by atoms with Gasteiger partial charge in [0.1, 0.15) is 0 Å². The van der Waals surface area contributed by atoms with E-state index in [1.807, 2.05) is 0 Å². The minimum absolute atomic E-state index is 0.772. The largest absolute Gasteiger partial charge is 0.314 e. The van der Waals surface area contributed by atoms with E-state index in [9.17, 15) is 0 Å². The molecule has 0 radical (unpaired) electrons. The zero-order chi connectivity index (χ0) is 13.5. The summed E-state index contributed by atoms with van der Waals surface area (Å²) in [5.41, 5.74) is 3.24. The van der Waals surface area contributed by atoms with Gasteiger partial charge in [0.05, 0.1) is 0 Å². The highest BCUT2D eigenvalue weighted by atomic mass is 14.9. The highest BCUT2D eigenvalue weighted by Gasteiger charge is 2.43. The van der Waals surface area contributed by atoms with E-state index in [0.29, 0.717) is 0 Å². The summed E-state index contributed by atoms with van der Waals surface area (Å²) >= 11 is 0. The average molecular weight is 269 g/mol. The first-order valence-electron chi connectivity index (χ1n) is 8.66. The van der Waals surface area contributed by atoms with E-state index in [1.165, 1.54) is 38.5 Å². The lowest BCUT2D eigenvalue weighted by atomic mass is 9.71. The molecule has 4 rings (SSSR count). The van der Waals surface area contributed by atoms with Gasteiger partial charge in [-0.15, -0.1) is 0 Å². The number of fused-ring (bicyclic) bond motifs is 3. The van der Waals surface area contributed by atoms with Crippen molar-refractivity contribution in [2.45, 2.75) is 57.4 Å². The summed E-state index contributed by atoms with van der Waals surface area (Å²) in [6, 6.07) is 9.84. The molecule has 1 aromatic carbocycles. The number of nitrogens with one attached hydrogen (secondary N) is 1. The zero-order valence-corrected chi connectivity index (χ0v) is 12.6. The Morgan fingerprint density at radius 3 is 2.80 bits per heavy atom.